The maximum absolute atomic E-state index is 9.69. The number of hydrogen-bond acceptors (Lipinski definition) is 5. The number of rotatable bonds is 3. The summed E-state index contributed by atoms with van der Waals surface area (Å²) in [7, 11) is 2.17. The number of nitrogens with one attached hydrogen (secondary N) is 2. The molecule has 0 saturated carbocycles. The van der Waals surface area contributed by atoms with Gasteiger partial charge in [-0.1, -0.05) is 24.3 Å². The summed E-state index contributed by atoms with van der Waals surface area (Å²) in [5.41, 5.74) is 5.93. The summed E-state index contributed by atoms with van der Waals surface area (Å²) < 4.78 is 0. The molecule has 3 heterocycles. The molecule has 0 bridgehead atoms. The van der Waals surface area contributed by atoms with Crippen LogP contribution in [0.3, 0.4) is 0 Å². The molecule has 3 aromatic carbocycles. The third-order valence-corrected chi connectivity index (χ3v) is 6.29. The van der Waals surface area contributed by atoms with Crippen LogP contribution in [0.2, 0.25) is 0 Å². The van der Waals surface area contributed by atoms with Gasteiger partial charge in [0, 0.05) is 31.7 Å². The Kier molecular flexibility index (Phi) is 4.36. The van der Waals surface area contributed by atoms with Crippen molar-refractivity contribution in [3.8, 4) is 28.5 Å². The first-order chi connectivity index (χ1) is 15.6. The highest BCUT2D eigenvalue weighted by Gasteiger charge is 2.19. The average Bonchev–Trinajstić information content (AvgIpc) is 3.46. The van der Waals surface area contributed by atoms with Crippen LogP contribution < -0.4 is 4.90 Å². The van der Waals surface area contributed by atoms with Crippen molar-refractivity contribution in [2.75, 3.05) is 38.1 Å². The Morgan fingerprint density at radius 2 is 1.72 bits per heavy atom. The Hall–Kier alpha value is -3.84. The molecule has 1 fully saturated rings. The molecule has 7 heteroatoms. The molecule has 1 aliphatic heterocycles. The van der Waals surface area contributed by atoms with Crippen LogP contribution in [0.4, 0.5) is 5.69 Å². The van der Waals surface area contributed by atoms with Crippen molar-refractivity contribution in [1.82, 2.24) is 25.1 Å². The van der Waals surface area contributed by atoms with Crippen LogP contribution in [0.15, 0.2) is 60.7 Å². The molecule has 32 heavy (non-hydrogen) atoms. The second-order valence-electron chi connectivity index (χ2n) is 8.46. The van der Waals surface area contributed by atoms with Gasteiger partial charge in [-0.05, 0) is 54.2 Å². The monoisotopic (exact) mass is 424 g/mol. The maximum Gasteiger partial charge on any atom is 0.159 e. The van der Waals surface area contributed by atoms with Gasteiger partial charge in [-0.25, -0.2) is 4.98 Å². The summed E-state index contributed by atoms with van der Waals surface area (Å²) in [5, 5.41) is 19.4. The van der Waals surface area contributed by atoms with E-state index in [1.54, 1.807) is 12.1 Å². The second kappa shape index (κ2) is 7.39. The first kappa shape index (κ1) is 18.9. The number of para-hydroxylation sites is 1. The van der Waals surface area contributed by atoms with E-state index in [9.17, 15) is 5.11 Å². The molecule has 3 N–H and O–H groups in total. The molecule has 0 aliphatic carbocycles. The van der Waals surface area contributed by atoms with E-state index < -0.39 is 0 Å². The van der Waals surface area contributed by atoms with E-state index in [1.165, 1.54) is 5.69 Å². The van der Waals surface area contributed by atoms with Crippen molar-refractivity contribution < 1.29 is 5.11 Å². The van der Waals surface area contributed by atoms with Crippen molar-refractivity contribution in [3.63, 3.8) is 0 Å². The fourth-order valence-electron chi connectivity index (χ4n) is 4.43. The minimum atomic E-state index is 0.273. The van der Waals surface area contributed by atoms with Crippen LogP contribution in [0, 0.1) is 0 Å². The van der Waals surface area contributed by atoms with E-state index in [-0.39, 0.29) is 5.75 Å². The summed E-state index contributed by atoms with van der Waals surface area (Å²) in [5.74, 6) is 1.03. The Morgan fingerprint density at radius 1 is 0.906 bits per heavy atom. The van der Waals surface area contributed by atoms with Crippen molar-refractivity contribution in [2.45, 2.75) is 0 Å². The van der Waals surface area contributed by atoms with E-state index in [1.807, 2.05) is 24.3 Å². The summed E-state index contributed by atoms with van der Waals surface area (Å²) in [6.45, 7) is 4.12. The normalized spacial score (nSPS) is 15.1. The second-order valence-corrected chi connectivity index (χ2v) is 8.46. The van der Waals surface area contributed by atoms with Crippen LogP contribution in [0.25, 0.3) is 44.6 Å². The summed E-state index contributed by atoms with van der Waals surface area (Å²) in [4.78, 5) is 13.1. The van der Waals surface area contributed by atoms with Gasteiger partial charge < -0.3 is 19.9 Å². The molecule has 6 rings (SSSR count). The number of likely N-dealkylation sites (N-methyl/N-ethyl adjacent to an activating group) is 1. The Bertz CT molecular complexity index is 1430. The van der Waals surface area contributed by atoms with Crippen molar-refractivity contribution in [1.29, 1.82) is 0 Å². The van der Waals surface area contributed by atoms with Gasteiger partial charge in [-0.3, -0.25) is 5.10 Å². The molecular weight excluding hydrogens is 400 g/mol. The van der Waals surface area contributed by atoms with Gasteiger partial charge in [0.05, 0.1) is 16.9 Å². The number of aromatic amines is 2. The van der Waals surface area contributed by atoms with Gasteiger partial charge >= 0.3 is 0 Å². The van der Waals surface area contributed by atoms with E-state index in [2.05, 4.69) is 56.3 Å². The molecule has 7 nitrogen and oxygen atoms in total. The summed E-state index contributed by atoms with van der Waals surface area (Å²) in [6, 6.07) is 19.9. The van der Waals surface area contributed by atoms with Gasteiger partial charge in [0.25, 0.3) is 0 Å². The molecule has 2 aromatic heterocycles. The van der Waals surface area contributed by atoms with Crippen LogP contribution in [0.1, 0.15) is 0 Å². The number of aromatic nitrogens is 4. The van der Waals surface area contributed by atoms with Gasteiger partial charge in [0.15, 0.2) is 5.82 Å². The number of nitrogens with zero attached hydrogens (tertiary/aromatic N) is 4. The number of phenolic OH excluding ortho intramolecular Hbond substituents is 1. The molecule has 0 unspecified atom stereocenters. The highest BCUT2D eigenvalue weighted by molar-refractivity contribution is 5.91. The Labute approximate surface area is 185 Å². The molecule has 5 aromatic rings. The molecule has 1 saturated heterocycles. The van der Waals surface area contributed by atoms with Crippen LogP contribution in [-0.2, 0) is 0 Å². The van der Waals surface area contributed by atoms with E-state index in [0.717, 1.165) is 70.8 Å². The van der Waals surface area contributed by atoms with Crippen LogP contribution in [0.5, 0.6) is 5.75 Å². The number of H-pyrrole nitrogens is 2. The standard InChI is InChI=1S/C25H24N6O/c1-30-9-11-31(12-10-30)23-4-2-3-20-24(23)27-25(26-20)22-15-21(28-29-22)18-6-5-17-14-19(32)8-7-16(17)13-18/h2-8,13-15,32H,9-12H2,1H3,(H,26,27)(H,28,29). The molecular formula is C25H24N6O. The quantitative estimate of drug-likeness (QED) is 0.404. The minimum absolute atomic E-state index is 0.273. The summed E-state index contributed by atoms with van der Waals surface area (Å²) >= 11 is 0. The zero-order chi connectivity index (χ0) is 21.7. The first-order valence-corrected chi connectivity index (χ1v) is 10.9. The largest absolute Gasteiger partial charge is 0.508 e. The number of fused-ring (bicyclic) bond motifs is 2. The lowest BCUT2D eigenvalue weighted by molar-refractivity contribution is 0.313. The Morgan fingerprint density at radius 3 is 2.59 bits per heavy atom. The highest BCUT2D eigenvalue weighted by atomic mass is 16.3. The average molecular weight is 425 g/mol. The molecule has 1 aliphatic rings. The number of anilines is 1. The fourth-order valence-corrected chi connectivity index (χ4v) is 4.43. The predicted octanol–water partition coefficient (Wildman–Crippen LogP) is 4.23. The third-order valence-electron chi connectivity index (χ3n) is 6.29. The lowest BCUT2D eigenvalue weighted by Gasteiger charge is -2.34. The minimum Gasteiger partial charge on any atom is -0.508 e. The fraction of sp³-hybridized carbons (Fsp3) is 0.200. The highest BCUT2D eigenvalue weighted by Crippen LogP contribution is 2.31. The van der Waals surface area contributed by atoms with Crippen molar-refractivity contribution in [2.24, 2.45) is 0 Å². The predicted molar refractivity (Wildman–Crippen MR) is 128 cm³/mol. The molecule has 0 radical (unpaired) electrons. The zero-order valence-corrected chi connectivity index (χ0v) is 17.8. The van der Waals surface area contributed by atoms with Crippen LogP contribution in [-0.4, -0.2) is 63.4 Å². The van der Waals surface area contributed by atoms with E-state index >= 15 is 0 Å². The van der Waals surface area contributed by atoms with Gasteiger partial charge in [0.2, 0.25) is 0 Å². The topological polar surface area (TPSA) is 84.1 Å². The number of benzene rings is 3. The number of phenols is 1. The van der Waals surface area contributed by atoms with E-state index in [4.69, 9.17) is 4.98 Å². The van der Waals surface area contributed by atoms with Gasteiger partial charge in [0.1, 0.15) is 17.0 Å². The zero-order valence-electron chi connectivity index (χ0n) is 17.8. The van der Waals surface area contributed by atoms with Gasteiger partial charge in [-0.15, -0.1) is 0 Å². The number of hydrogen-bond donors (Lipinski definition) is 3. The number of aromatic hydroxyl groups is 1. The smallest absolute Gasteiger partial charge is 0.159 e. The van der Waals surface area contributed by atoms with Crippen molar-refractivity contribution >= 4 is 27.5 Å². The number of piperazine rings is 1. The lowest BCUT2D eigenvalue weighted by atomic mass is 10.0. The number of imidazole rings is 1. The summed E-state index contributed by atoms with van der Waals surface area (Å²) in [6.07, 6.45) is 0. The molecule has 160 valence electrons. The lowest BCUT2D eigenvalue weighted by Crippen LogP contribution is -2.44. The SMILES string of the molecule is CN1CCN(c2cccc3[nH]c(-c4cc(-c5ccc6cc(O)ccc6c5)[nH]n4)nc23)CC1. The maximum atomic E-state index is 9.69. The third kappa shape index (κ3) is 3.27. The molecule has 0 atom stereocenters. The van der Waals surface area contributed by atoms with E-state index in [0.29, 0.717) is 0 Å². The molecule has 0 amide bonds. The van der Waals surface area contributed by atoms with Gasteiger partial charge in [-0.2, -0.15) is 5.10 Å². The van der Waals surface area contributed by atoms with Crippen LogP contribution >= 0.6 is 0 Å². The molecule has 0 spiro atoms. The first-order valence-electron chi connectivity index (χ1n) is 10.9. The van der Waals surface area contributed by atoms with Crippen molar-refractivity contribution in [3.05, 3.63) is 60.7 Å². The Balaban J connectivity index is 1.34.